The average Bonchev–Trinajstić information content (AvgIpc) is 3.91. The maximum Gasteiger partial charge on any atom is 0.143 e. The number of anilines is 3. The largest absolute Gasteiger partial charge is 0.455 e. The SMILES string of the molecule is c1ccc(-c2cccc(-c3ccc(N(c4ccc(-c5ccc6oc7c(-c8ccccc8)cccc7c6c5)cc4)c4cccc5c4c4ccccc4n5-c4ccccc4)cc3)c2)cc1. The van der Waals surface area contributed by atoms with Gasteiger partial charge in [-0.15, -0.1) is 0 Å². The van der Waals surface area contributed by atoms with Gasteiger partial charge in [-0.3, -0.25) is 0 Å². The summed E-state index contributed by atoms with van der Waals surface area (Å²) in [5.74, 6) is 0. The molecule has 12 rings (SSSR count). The lowest BCUT2D eigenvalue weighted by molar-refractivity contribution is 0.670. The van der Waals surface area contributed by atoms with Gasteiger partial charge in [0, 0.05) is 44.2 Å². The highest BCUT2D eigenvalue weighted by atomic mass is 16.3. The van der Waals surface area contributed by atoms with Gasteiger partial charge in [-0.1, -0.05) is 170 Å². The number of hydrogen-bond donors (Lipinski definition) is 0. The summed E-state index contributed by atoms with van der Waals surface area (Å²) in [5, 5.41) is 4.64. The molecule has 0 unspecified atom stereocenters. The Labute approximate surface area is 366 Å². The highest BCUT2D eigenvalue weighted by Crippen LogP contribution is 2.45. The van der Waals surface area contributed by atoms with Crippen molar-refractivity contribution >= 4 is 60.8 Å². The van der Waals surface area contributed by atoms with Crippen LogP contribution in [0.3, 0.4) is 0 Å². The van der Waals surface area contributed by atoms with Gasteiger partial charge in [-0.05, 0) is 112 Å². The van der Waals surface area contributed by atoms with Crippen LogP contribution in [0.15, 0.2) is 247 Å². The van der Waals surface area contributed by atoms with Crippen LogP contribution in [-0.4, -0.2) is 4.57 Å². The van der Waals surface area contributed by atoms with Crippen molar-refractivity contribution in [2.45, 2.75) is 0 Å². The molecule has 2 aromatic heterocycles. The fourth-order valence-electron chi connectivity index (χ4n) is 9.41. The zero-order chi connectivity index (χ0) is 41.7. The number of furan rings is 1. The molecule has 0 aliphatic rings. The van der Waals surface area contributed by atoms with Gasteiger partial charge < -0.3 is 13.9 Å². The number of nitrogens with zero attached hydrogens (tertiary/aromatic N) is 2. The molecule has 12 aromatic rings. The zero-order valence-electron chi connectivity index (χ0n) is 34.4. The van der Waals surface area contributed by atoms with E-state index < -0.39 is 0 Å². The van der Waals surface area contributed by atoms with Crippen molar-refractivity contribution in [1.29, 1.82) is 0 Å². The third kappa shape index (κ3) is 6.38. The summed E-state index contributed by atoms with van der Waals surface area (Å²) in [6.45, 7) is 0. The van der Waals surface area contributed by atoms with E-state index in [1.807, 2.05) is 6.07 Å². The van der Waals surface area contributed by atoms with Crippen molar-refractivity contribution in [2.24, 2.45) is 0 Å². The zero-order valence-corrected chi connectivity index (χ0v) is 34.4. The normalized spacial score (nSPS) is 11.5. The minimum absolute atomic E-state index is 0.887. The van der Waals surface area contributed by atoms with E-state index in [9.17, 15) is 0 Å². The minimum Gasteiger partial charge on any atom is -0.455 e. The molecule has 0 aliphatic carbocycles. The molecular formula is C60H40N2O. The van der Waals surface area contributed by atoms with E-state index in [1.165, 1.54) is 38.5 Å². The van der Waals surface area contributed by atoms with E-state index in [0.717, 1.165) is 72.5 Å². The number of aromatic nitrogens is 1. The molecule has 3 heteroatoms. The quantitative estimate of drug-likeness (QED) is 0.153. The van der Waals surface area contributed by atoms with Gasteiger partial charge in [0.25, 0.3) is 0 Å². The van der Waals surface area contributed by atoms with Crippen LogP contribution in [-0.2, 0) is 0 Å². The molecule has 0 saturated heterocycles. The van der Waals surface area contributed by atoms with Gasteiger partial charge >= 0.3 is 0 Å². The molecule has 296 valence electrons. The van der Waals surface area contributed by atoms with E-state index in [2.05, 4.69) is 246 Å². The molecule has 63 heavy (non-hydrogen) atoms. The molecule has 0 spiro atoms. The molecule has 0 aliphatic heterocycles. The minimum atomic E-state index is 0.887. The molecule has 3 nitrogen and oxygen atoms in total. The molecule has 0 N–H and O–H groups in total. The predicted octanol–water partition coefficient (Wildman–Crippen LogP) is 16.8. The molecule has 0 amide bonds. The van der Waals surface area contributed by atoms with Crippen LogP contribution in [0.1, 0.15) is 0 Å². The van der Waals surface area contributed by atoms with Crippen LogP contribution in [0.25, 0.3) is 93.9 Å². The summed E-state index contributed by atoms with van der Waals surface area (Å²) < 4.78 is 8.91. The molecule has 0 bridgehead atoms. The number of benzene rings is 10. The van der Waals surface area contributed by atoms with Crippen LogP contribution in [0, 0.1) is 0 Å². The van der Waals surface area contributed by atoms with E-state index in [4.69, 9.17) is 4.42 Å². The summed E-state index contributed by atoms with van der Waals surface area (Å²) in [6, 6.07) is 87.0. The van der Waals surface area contributed by atoms with Crippen LogP contribution in [0.5, 0.6) is 0 Å². The maximum absolute atomic E-state index is 6.53. The Hall–Kier alpha value is -8.40. The summed E-state index contributed by atoms with van der Waals surface area (Å²) in [7, 11) is 0. The Morgan fingerprint density at radius 3 is 1.54 bits per heavy atom. The second kappa shape index (κ2) is 15.3. The van der Waals surface area contributed by atoms with E-state index >= 15 is 0 Å². The number of hydrogen-bond acceptors (Lipinski definition) is 2. The number of para-hydroxylation sites is 3. The van der Waals surface area contributed by atoms with Crippen LogP contribution in [0.4, 0.5) is 17.1 Å². The first-order chi connectivity index (χ1) is 31.2. The van der Waals surface area contributed by atoms with Gasteiger partial charge in [-0.25, -0.2) is 0 Å². The molecule has 0 atom stereocenters. The lowest BCUT2D eigenvalue weighted by Gasteiger charge is -2.27. The van der Waals surface area contributed by atoms with Gasteiger partial charge in [-0.2, -0.15) is 0 Å². The van der Waals surface area contributed by atoms with Crippen molar-refractivity contribution in [3.05, 3.63) is 243 Å². The smallest absolute Gasteiger partial charge is 0.143 e. The van der Waals surface area contributed by atoms with E-state index in [1.54, 1.807) is 0 Å². The van der Waals surface area contributed by atoms with E-state index in [-0.39, 0.29) is 0 Å². The summed E-state index contributed by atoms with van der Waals surface area (Å²) in [6.07, 6.45) is 0. The van der Waals surface area contributed by atoms with Gasteiger partial charge in [0.15, 0.2) is 0 Å². The Morgan fingerprint density at radius 1 is 0.333 bits per heavy atom. The molecular weight excluding hydrogens is 765 g/mol. The topological polar surface area (TPSA) is 21.3 Å². The van der Waals surface area contributed by atoms with Crippen molar-refractivity contribution in [3.8, 4) is 50.2 Å². The first kappa shape index (κ1) is 36.5. The summed E-state index contributed by atoms with van der Waals surface area (Å²) in [4.78, 5) is 2.41. The Balaban J connectivity index is 0.985. The molecule has 0 radical (unpaired) electrons. The predicted molar refractivity (Wildman–Crippen MR) is 264 cm³/mol. The first-order valence-electron chi connectivity index (χ1n) is 21.5. The fourth-order valence-corrected chi connectivity index (χ4v) is 9.41. The van der Waals surface area contributed by atoms with Crippen molar-refractivity contribution in [3.63, 3.8) is 0 Å². The summed E-state index contributed by atoms with van der Waals surface area (Å²) in [5.41, 5.74) is 17.8. The monoisotopic (exact) mass is 804 g/mol. The molecule has 0 saturated carbocycles. The third-order valence-corrected chi connectivity index (χ3v) is 12.4. The van der Waals surface area contributed by atoms with Gasteiger partial charge in [0.05, 0.1) is 16.7 Å². The molecule has 10 aromatic carbocycles. The second-order valence-corrected chi connectivity index (χ2v) is 16.1. The number of rotatable bonds is 8. The van der Waals surface area contributed by atoms with Gasteiger partial charge in [0.2, 0.25) is 0 Å². The maximum atomic E-state index is 6.53. The van der Waals surface area contributed by atoms with E-state index in [0.29, 0.717) is 0 Å². The first-order valence-corrected chi connectivity index (χ1v) is 21.5. The third-order valence-electron chi connectivity index (χ3n) is 12.4. The standard InChI is InChI=1S/C60H40N2O/c1-4-15-41(16-5-1)45-19-12-20-46(39-45)42-29-34-49(35-30-42)61(56-27-14-28-57-59(56)53-23-10-11-26-55(53)62(57)48-21-8-3-9-22-48)50-36-31-43(32-37-50)47-33-38-58-54(40-47)52-25-13-24-51(60(52)63-58)44-17-6-2-7-18-44/h1-40H. The number of fused-ring (bicyclic) bond motifs is 6. The summed E-state index contributed by atoms with van der Waals surface area (Å²) >= 11 is 0. The Bertz CT molecular complexity index is 3590. The van der Waals surface area contributed by atoms with Crippen molar-refractivity contribution in [1.82, 2.24) is 4.57 Å². The lowest BCUT2D eigenvalue weighted by atomic mass is 9.98. The highest BCUT2D eigenvalue weighted by Gasteiger charge is 2.21. The molecule has 0 fully saturated rings. The Kier molecular flexibility index (Phi) is 8.83. The van der Waals surface area contributed by atoms with Crippen LogP contribution in [0.2, 0.25) is 0 Å². The molecule has 2 heterocycles. The van der Waals surface area contributed by atoms with Crippen LogP contribution >= 0.6 is 0 Å². The second-order valence-electron chi connectivity index (χ2n) is 16.1. The fraction of sp³-hybridized carbons (Fsp3) is 0. The average molecular weight is 805 g/mol. The Morgan fingerprint density at radius 2 is 0.841 bits per heavy atom. The van der Waals surface area contributed by atoms with Gasteiger partial charge in [0.1, 0.15) is 11.2 Å². The van der Waals surface area contributed by atoms with Crippen molar-refractivity contribution < 1.29 is 4.42 Å². The lowest BCUT2D eigenvalue weighted by Crippen LogP contribution is -2.10. The van der Waals surface area contributed by atoms with Crippen molar-refractivity contribution in [2.75, 3.05) is 4.90 Å². The highest BCUT2D eigenvalue weighted by molar-refractivity contribution is 6.16. The van der Waals surface area contributed by atoms with Crippen LogP contribution < -0.4 is 4.90 Å².